The molecule has 0 saturated carbocycles. The third kappa shape index (κ3) is 3.57. The van der Waals surface area contributed by atoms with E-state index >= 15 is 0 Å². The lowest BCUT2D eigenvalue weighted by Crippen LogP contribution is -2.04. The first-order valence-electron chi connectivity index (χ1n) is 7.27. The molecule has 1 aromatic carbocycles. The van der Waals surface area contributed by atoms with Gasteiger partial charge in [-0.25, -0.2) is 4.79 Å². The first-order chi connectivity index (χ1) is 11.7. The molecule has 0 bridgehead atoms. The van der Waals surface area contributed by atoms with Crippen LogP contribution in [0.25, 0.3) is 11.3 Å². The van der Waals surface area contributed by atoms with Crippen LogP contribution in [0.4, 0.5) is 13.2 Å². The highest BCUT2D eigenvalue weighted by Gasteiger charge is 2.30. The first kappa shape index (κ1) is 16.8. The number of carboxylic acids is 1. The fourth-order valence-corrected chi connectivity index (χ4v) is 2.40. The van der Waals surface area contributed by atoms with Crippen LogP contribution in [0.2, 0.25) is 0 Å². The third-order valence-corrected chi connectivity index (χ3v) is 3.71. The zero-order chi connectivity index (χ0) is 18.2. The van der Waals surface area contributed by atoms with Crippen molar-refractivity contribution < 1.29 is 27.5 Å². The van der Waals surface area contributed by atoms with Gasteiger partial charge in [-0.3, -0.25) is 4.68 Å². The fraction of sp³-hybridized carbons (Fsp3) is 0.176. The van der Waals surface area contributed by atoms with Crippen molar-refractivity contribution in [3.05, 3.63) is 65.2 Å². The molecule has 0 aliphatic carbocycles. The minimum Gasteiger partial charge on any atom is -0.478 e. The maximum atomic E-state index is 12.8. The smallest absolute Gasteiger partial charge is 0.416 e. The second-order valence-electron chi connectivity index (χ2n) is 5.50. The largest absolute Gasteiger partial charge is 0.478 e. The molecule has 0 fully saturated rings. The van der Waals surface area contributed by atoms with Crippen LogP contribution in [-0.2, 0) is 12.7 Å². The molecule has 0 amide bonds. The normalized spacial score (nSPS) is 11.7. The Morgan fingerprint density at radius 2 is 2.08 bits per heavy atom. The van der Waals surface area contributed by atoms with Crippen LogP contribution in [0, 0.1) is 6.92 Å². The van der Waals surface area contributed by atoms with E-state index in [2.05, 4.69) is 5.10 Å². The summed E-state index contributed by atoms with van der Waals surface area (Å²) in [5.74, 6) is -0.246. The number of furan rings is 1. The Bertz CT molecular complexity index is 925. The van der Waals surface area contributed by atoms with Gasteiger partial charge in [-0.15, -0.1) is 0 Å². The molecule has 0 saturated heterocycles. The van der Waals surface area contributed by atoms with Crippen molar-refractivity contribution >= 4 is 5.97 Å². The molecule has 0 atom stereocenters. The second-order valence-corrected chi connectivity index (χ2v) is 5.50. The van der Waals surface area contributed by atoms with Crippen molar-refractivity contribution in [1.29, 1.82) is 0 Å². The fourth-order valence-electron chi connectivity index (χ4n) is 2.40. The predicted molar refractivity (Wildman–Crippen MR) is 82.2 cm³/mol. The summed E-state index contributed by atoms with van der Waals surface area (Å²) < 4.78 is 45.5. The number of nitrogens with zero attached hydrogens (tertiary/aromatic N) is 2. The summed E-state index contributed by atoms with van der Waals surface area (Å²) in [5.41, 5.74) is 0.321. The number of alkyl halides is 3. The highest BCUT2D eigenvalue weighted by atomic mass is 19.4. The van der Waals surface area contributed by atoms with Crippen LogP contribution in [0.1, 0.15) is 27.2 Å². The van der Waals surface area contributed by atoms with E-state index < -0.39 is 17.7 Å². The number of carbonyl (C=O) groups is 1. The maximum absolute atomic E-state index is 12.8. The SMILES string of the molecule is Cc1oc(-c2cccc(C(F)(F)F)c2)cc1Cn1cc(C(=O)O)cn1. The summed E-state index contributed by atoms with van der Waals surface area (Å²) in [6, 6.07) is 6.51. The lowest BCUT2D eigenvalue weighted by Gasteiger charge is -2.07. The van der Waals surface area contributed by atoms with E-state index in [1.54, 1.807) is 13.0 Å². The monoisotopic (exact) mass is 350 g/mol. The van der Waals surface area contributed by atoms with E-state index in [9.17, 15) is 18.0 Å². The molecule has 0 spiro atoms. The summed E-state index contributed by atoms with van der Waals surface area (Å²) in [5, 5.41) is 12.8. The van der Waals surface area contributed by atoms with Gasteiger partial charge >= 0.3 is 12.1 Å². The van der Waals surface area contributed by atoms with E-state index in [1.807, 2.05) is 0 Å². The Morgan fingerprint density at radius 3 is 2.72 bits per heavy atom. The molecule has 2 heterocycles. The highest BCUT2D eigenvalue weighted by molar-refractivity contribution is 5.86. The molecule has 0 unspecified atom stereocenters. The highest BCUT2D eigenvalue weighted by Crippen LogP contribution is 2.33. The molecule has 25 heavy (non-hydrogen) atoms. The van der Waals surface area contributed by atoms with Crippen molar-refractivity contribution in [2.75, 3.05) is 0 Å². The van der Waals surface area contributed by atoms with E-state index in [0.717, 1.165) is 12.1 Å². The number of aryl methyl sites for hydroxylation is 1. The quantitative estimate of drug-likeness (QED) is 0.765. The van der Waals surface area contributed by atoms with Gasteiger partial charge < -0.3 is 9.52 Å². The van der Waals surface area contributed by atoms with Crippen molar-refractivity contribution in [3.8, 4) is 11.3 Å². The number of halogens is 3. The number of carboxylic acid groups (broad SMARTS) is 1. The minimum atomic E-state index is -4.43. The molecule has 0 aliphatic heterocycles. The number of hydrogen-bond acceptors (Lipinski definition) is 3. The van der Waals surface area contributed by atoms with Gasteiger partial charge in [0.2, 0.25) is 0 Å². The summed E-state index contributed by atoms with van der Waals surface area (Å²) in [4.78, 5) is 10.9. The Kier molecular flexibility index (Phi) is 4.12. The summed E-state index contributed by atoms with van der Waals surface area (Å²) in [7, 11) is 0. The van der Waals surface area contributed by atoms with Gasteiger partial charge in [-0.05, 0) is 25.1 Å². The average Bonchev–Trinajstić information content (AvgIpc) is 3.15. The Morgan fingerprint density at radius 1 is 1.32 bits per heavy atom. The van der Waals surface area contributed by atoms with E-state index in [1.165, 1.54) is 29.2 Å². The van der Waals surface area contributed by atoms with Gasteiger partial charge in [-0.1, -0.05) is 12.1 Å². The topological polar surface area (TPSA) is 68.3 Å². The van der Waals surface area contributed by atoms with Gasteiger partial charge in [0.15, 0.2) is 0 Å². The van der Waals surface area contributed by atoms with Crippen LogP contribution in [0.15, 0.2) is 47.1 Å². The number of hydrogen-bond donors (Lipinski definition) is 1. The van der Waals surface area contributed by atoms with Gasteiger partial charge in [0.05, 0.1) is 23.9 Å². The lowest BCUT2D eigenvalue weighted by molar-refractivity contribution is -0.137. The standard InChI is InChI=1S/C17H13F3N2O3/c1-10-12(8-22-9-13(7-21-22)16(23)24)6-15(25-10)11-3-2-4-14(5-11)17(18,19)20/h2-7,9H,8H2,1H3,(H,23,24). The molecule has 2 aromatic heterocycles. The third-order valence-electron chi connectivity index (χ3n) is 3.71. The predicted octanol–water partition coefficient (Wildman–Crippen LogP) is 4.22. The minimum absolute atomic E-state index is 0.0549. The first-order valence-corrected chi connectivity index (χ1v) is 7.27. The van der Waals surface area contributed by atoms with E-state index in [4.69, 9.17) is 9.52 Å². The molecule has 1 N–H and O–H groups in total. The maximum Gasteiger partial charge on any atom is 0.416 e. The molecule has 0 radical (unpaired) electrons. The van der Waals surface area contributed by atoms with E-state index in [-0.39, 0.29) is 12.1 Å². The second kappa shape index (κ2) is 6.12. The van der Waals surface area contributed by atoms with Crippen molar-refractivity contribution in [3.63, 3.8) is 0 Å². The van der Waals surface area contributed by atoms with Crippen LogP contribution < -0.4 is 0 Å². The number of benzene rings is 1. The van der Waals surface area contributed by atoms with E-state index in [0.29, 0.717) is 22.6 Å². The number of aromatic nitrogens is 2. The van der Waals surface area contributed by atoms with Gasteiger partial charge in [-0.2, -0.15) is 18.3 Å². The Hall–Kier alpha value is -3.03. The lowest BCUT2D eigenvalue weighted by atomic mass is 10.1. The number of rotatable bonds is 4. The molecule has 8 heteroatoms. The van der Waals surface area contributed by atoms with Crippen molar-refractivity contribution in [2.45, 2.75) is 19.6 Å². The van der Waals surface area contributed by atoms with Crippen molar-refractivity contribution in [2.24, 2.45) is 0 Å². The molecule has 0 aliphatic rings. The van der Waals surface area contributed by atoms with Crippen LogP contribution in [0.5, 0.6) is 0 Å². The summed E-state index contributed by atoms with van der Waals surface area (Å²) >= 11 is 0. The Balaban J connectivity index is 1.88. The van der Waals surface area contributed by atoms with Gasteiger partial charge in [0.1, 0.15) is 11.5 Å². The van der Waals surface area contributed by atoms with Crippen LogP contribution in [0.3, 0.4) is 0 Å². The van der Waals surface area contributed by atoms with Crippen molar-refractivity contribution in [1.82, 2.24) is 9.78 Å². The van der Waals surface area contributed by atoms with Gasteiger partial charge in [0, 0.05) is 17.3 Å². The average molecular weight is 350 g/mol. The molecule has 130 valence electrons. The molecule has 3 rings (SSSR count). The van der Waals surface area contributed by atoms with Crippen LogP contribution >= 0.6 is 0 Å². The molecular weight excluding hydrogens is 337 g/mol. The molecule has 3 aromatic rings. The Labute approximate surface area is 140 Å². The summed E-state index contributed by atoms with van der Waals surface area (Å²) in [6.45, 7) is 1.94. The number of aromatic carboxylic acids is 1. The molecule has 5 nitrogen and oxygen atoms in total. The summed E-state index contributed by atoms with van der Waals surface area (Å²) in [6.07, 6.45) is -1.83. The van der Waals surface area contributed by atoms with Crippen LogP contribution in [-0.4, -0.2) is 20.9 Å². The zero-order valence-corrected chi connectivity index (χ0v) is 13.0. The van der Waals surface area contributed by atoms with Gasteiger partial charge in [0.25, 0.3) is 0 Å². The molecular formula is C17H13F3N2O3. The zero-order valence-electron chi connectivity index (χ0n) is 13.0.